The molecule has 0 radical (unpaired) electrons. The number of rotatable bonds is 3. The Kier molecular flexibility index (Phi) is 3.49. The molecular weight excluding hydrogens is 283 g/mol. The molecule has 20 heavy (non-hydrogen) atoms. The van der Waals surface area contributed by atoms with Crippen LogP contribution in [-0.4, -0.2) is 44.2 Å². The van der Waals surface area contributed by atoms with Gasteiger partial charge >= 0.3 is 7.82 Å². The fraction of sp³-hybridized carbons (Fsp3) is 1.00. The number of phosphoric acid groups is 1. The highest BCUT2D eigenvalue weighted by Gasteiger charge is 2.45. The third-order valence-corrected chi connectivity index (χ3v) is 5.40. The van der Waals surface area contributed by atoms with E-state index in [-0.39, 0.29) is 31.9 Å². The van der Waals surface area contributed by atoms with Crippen molar-refractivity contribution < 1.29 is 31.7 Å². The molecule has 0 saturated carbocycles. The summed E-state index contributed by atoms with van der Waals surface area (Å²) in [6.45, 7) is 0.759. The minimum Gasteiger partial charge on any atom is -0.376 e. The monoisotopic (exact) mass is 311 g/mol. The van der Waals surface area contributed by atoms with Crippen LogP contribution < -0.4 is 0 Å². The maximum absolute atomic E-state index is 12.8. The van der Waals surface area contributed by atoms with E-state index in [4.69, 9.17) is 27.2 Å². The molecule has 0 bridgehead atoms. The molecule has 0 N–H and O–H groups in total. The van der Waals surface area contributed by atoms with Gasteiger partial charge in [0.2, 0.25) is 0 Å². The van der Waals surface area contributed by atoms with Crippen LogP contribution in [0.1, 0.15) is 37.2 Å². The van der Waals surface area contributed by atoms with Gasteiger partial charge in [0, 0.05) is 27.4 Å². The first-order chi connectivity index (χ1) is 10.9. The molecule has 3 saturated heterocycles. The Hall–Kier alpha value is 0.0300. The lowest BCUT2D eigenvalue weighted by Gasteiger charge is -2.34. The summed E-state index contributed by atoms with van der Waals surface area (Å²) in [6.07, 6.45) is -0.609. The quantitative estimate of drug-likeness (QED) is 0.746. The molecule has 3 rings (SSSR count). The highest BCUT2D eigenvalue weighted by Crippen LogP contribution is 2.56. The zero-order valence-electron chi connectivity index (χ0n) is 14.5. The van der Waals surface area contributed by atoms with Crippen LogP contribution in [0.25, 0.3) is 0 Å². The Balaban J connectivity index is 1.64. The lowest BCUT2D eigenvalue weighted by atomic mass is 9.98. The zero-order valence-corrected chi connectivity index (χ0v) is 12.4. The van der Waals surface area contributed by atoms with Crippen molar-refractivity contribution in [3.8, 4) is 0 Å². The van der Waals surface area contributed by atoms with Crippen molar-refractivity contribution >= 4 is 7.82 Å². The summed E-state index contributed by atoms with van der Waals surface area (Å²) >= 11 is 0. The lowest BCUT2D eigenvalue weighted by Crippen LogP contribution is -2.36. The van der Waals surface area contributed by atoms with Gasteiger partial charge in [0.05, 0.1) is 33.8 Å². The van der Waals surface area contributed by atoms with Gasteiger partial charge in [0.1, 0.15) is 0 Å². The van der Waals surface area contributed by atoms with Crippen molar-refractivity contribution in [3.63, 3.8) is 0 Å². The molecule has 0 aromatic rings. The van der Waals surface area contributed by atoms with Crippen LogP contribution in [0.2, 0.25) is 0 Å². The largest absolute Gasteiger partial charge is 0.475 e. The lowest BCUT2D eigenvalue weighted by molar-refractivity contribution is -0.0643. The second-order valence-corrected chi connectivity index (χ2v) is 6.99. The number of hydrogen-bond acceptors (Lipinski definition) is 6. The van der Waals surface area contributed by atoms with Crippen molar-refractivity contribution in [2.45, 2.75) is 57.5 Å². The van der Waals surface area contributed by atoms with Gasteiger partial charge in [-0.1, -0.05) is 6.92 Å². The fourth-order valence-electron chi connectivity index (χ4n) is 2.64. The smallest absolute Gasteiger partial charge is 0.376 e. The van der Waals surface area contributed by atoms with Gasteiger partial charge in [-0.3, -0.25) is 13.6 Å². The average molecular weight is 311 g/mol. The molecule has 0 amide bonds. The topological polar surface area (TPSA) is 63.2 Å². The molecule has 0 aromatic carbocycles. The van der Waals surface area contributed by atoms with Crippen LogP contribution in [0.4, 0.5) is 0 Å². The third kappa shape index (κ3) is 3.11. The third-order valence-electron chi connectivity index (χ3n) is 3.84. The van der Waals surface area contributed by atoms with Crippen LogP contribution in [0.15, 0.2) is 0 Å². The van der Waals surface area contributed by atoms with E-state index in [1.54, 1.807) is 0 Å². The minimum absolute atomic E-state index is 0.0766. The fourth-order valence-corrected chi connectivity index (χ4v) is 4.25. The van der Waals surface area contributed by atoms with Crippen molar-refractivity contribution in [2.75, 3.05) is 19.8 Å². The Morgan fingerprint density at radius 2 is 2.20 bits per heavy atom. The zero-order chi connectivity index (χ0) is 16.6. The maximum Gasteiger partial charge on any atom is 0.475 e. The maximum atomic E-state index is 12.8. The standard InChI is InChI=1S/C13H23O6P/c1-9-3-6-16-13(9)12-5-8-17-20(14,19-12)18-11-4-7-15-10(11)2/h9-13H,3-8H2,1-2H3/t9-,10+,11-,12+,13-,20-/m0/s1/i2D,6T,7T/t6-,7-,9+,10-,11+,12-,13+,20+/m1. The SMILES string of the molecule is [2H]C[C@H]1O[C@H]([3H])C[C@@H]1O[P@]1(=O)OCC[C@H]([C@H]2O[C@H]([3H])C[C@@H]2C)O1. The Morgan fingerprint density at radius 3 is 2.95 bits per heavy atom. The minimum atomic E-state index is -3.78. The van der Waals surface area contributed by atoms with Crippen LogP contribution in [-0.2, 0) is 27.6 Å². The van der Waals surface area contributed by atoms with Gasteiger partial charge in [0.15, 0.2) is 0 Å². The Morgan fingerprint density at radius 1 is 1.35 bits per heavy atom. The van der Waals surface area contributed by atoms with Crippen molar-refractivity contribution in [1.82, 2.24) is 0 Å². The molecule has 3 aliphatic heterocycles. The highest BCUT2D eigenvalue weighted by atomic mass is 31.2. The molecule has 3 aliphatic rings. The summed E-state index contributed by atoms with van der Waals surface area (Å²) in [5.41, 5.74) is 0. The van der Waals surface area contributed by atoms with Gasteiger partial charge < -0.3 is 9.47 Å². The van der Waals surface area contributed by atoms with Crippen LogP contribution in [0.5, 0.6) is 0 Å². The molecule has 0 unspecified atom stereocenters. The predicted molar refractivity (Wildman–Crippen MR) is 71.5 cm³/mol. The van der Waals surface area contributed by atoms with Crippen molar-refractivity contribution in [1.29, 1.82) is 0 Å². The normalized spacial score (nSPS) is 59.0. The van der Waals surface area contributed by atoms with E-state index in [9.17, 15) is 4.57 Å². The van der Waals surface area contributed by atoms with E-state index in [1.807, 2.05) is 6.92 Å². The van der Waals surface area contributed by atoms with Crippen LogP contribution in [0.3, 0.4) is 0 Å². The van der Waals surface area contributed by atoms with E-state index in [0.29, 0.717) is 12.8 Å². The van der Waals surface area contributed by atoms with E-state index in [0.717, 1.165) is 0 Å². The Bertz CT molecular complexity index is 469. The average Bonchev–Trinajstić information content (AvgIpc) is 3.00. The Labute approximate surface area is 123 Å². The van der Waals surface area contributed by atoms with E-state index in [1.165, 1.54) is 0 Å². The summed E-state index contributed by atoms with van der Waals surface area (Å²) in [5.74, 6) is 0.141. The van der Waals surface area contributed by atoms with Gasteiger partial charge in [-0.25, -0.2) is 4.57 Å². The van der Waals surface area contributed by atoms with Gasteiger partial charge in [-0.2, -0.15) is 0 Å². The highest BCUT2D eigenvalue weighted by molar-refractivity contribution is 7.48. The van der Waals surface area contributed by atoms with E-state index in [2.05, 4.69) is 0 Å². The molecular formula is C13H23O6P. The molecule has 6 nitrogen and oxygen atoms in total. The van der Waals surface area contributed by atoms with Crippen LogP contribution in [0, 0.1) is 5.92 Å². The predicted octanol–water partition coefficient (Wildman–Crippen LogP) is 2.52. The van der Waals surface area contributed by atoms with E-state index >= 15 is 0 Å². The molecule has 7 heteroatoms. The molecule has 3 heterocycles. The number of phosphoric ester groups is 1. The second kappa shape index (κ2) is 6.03. The van der Waals surface area contributed by atoms with Gasteiger partial charge in [0.25, 0.3) is 0 Å². The second-order valence-electron chi connectivity index (χ2n) is 5.41. The van der Waals surface area contributed by atoms with Crippen LogP contribution >= 0.6 is 7.82 Å². The molecule has 8 atom stereocenters. The van der Waals surface area contributed by atoms with Crippen molar-refractivity contribution in [2.24, 2.45) is 5.92 Å². The summed E-state index contributed by atoms with van der Waals surface area (Å²) < 4.78 is 62.6. The van der Waals surface area contributed by atoms with Crippen molar-refractivity contribution in [3.05, 3.63) is 0 Å². The van der Waals surface area contributed by atoms with E-state index < -0.39 is 39.3 Å². The number of hydrogen-bond donors (Lipinski definition) is 0. The van der Waals surface area contributed by atoms with Gasteiger partial charge in [-0.05, 0) is 19.2 Å². The molecule has 0 aliphatic carbocycles. The molecule has 0 spiro atoms. The summed E-state index contributed by atoms with van der Waals surface area (Å²) in [5, 5.41) is 0. The first-order valence-electron chi connectivity index (χ1n) is 8.82. The molecule has 3 fully saturated rings. The molecule has 0 aromatic heterocycles. The van der Waals surface area contributed by atoms with Gasteiger partial charge in [-0.15, -0.1) is 0 Å². The summed E-state index contributed by atoms with van der Waals surface area (Å²) in [6, 6.07) is 0. The number of ether oxygens (including phenoxy) is 2. The summed E-state index contributed by atoms with van der Waals surface area (Å²) in [7, 11) is -3.78. The summed E-state index contributed by atoms with van der Waals surface area (Å²) in [4.78, 5) is 0. The molecule has 116 valence electrons. The first kappa shape index (κ1) is 11.6. The first-order valence-corrected chi connectivity index (χ1v) is 8.42.